The molecule has 0 unspecified atom stereocenters. The molecule has 30 heavy (non-hydrogen) atoms. The number of hydrogen-bond donors (Lipinski definition) is 1. The molecular formula is C23H26F2N2O2S. The van der Waals surface area contributed by atoms with Crippen LogP contribution < -0.4 is 4.90 Å². The van der Waals surface area contributed by atoms with E-state index in [1.807, 2.05) is 36.4 Å². The molecule has 2 aromatic carbocycles. The van der Waals surface area contributed by atoms with Crippen LogP contribution in [-0.2, 0) is 0 Å². The molecule has 0 aliphatic carbocycles. The van der Waals surface area contributed by atoms with Crippen LogP contribution in [0.4, 0.5) is 20.2 Å². The number of thioether (sulfide) groups is 1. The number of carbonyl (C=O) groups excluding carboxylic acids is 1. The maximum atomic E-state index is 13.1. The van der Waals surface area contributed by atoms with Crippen molar-refractivity contribution in [3.8, 4) is 0 Å². The Kier molecular flexibility index (Phi) is 5.77. The van der Waals surface area contributed by atoms with Gasteiger partial charge in [-0.1, -0.05) is 12.1 Å². The highest BCUT2D eigenvalue weighted by molar-refractivity contribution is 7.99. The lowest BCUT2D eigenvalue weighted by atomic mass is 9.86. The number of nitrogens with zero attached hydrogens (tertiary/aromatic N) is 2. The number of likely N-dealkylation sites (tertiary alicyclic amines) is 1. The third kappa shape index (κ3) is 4.62. The SMILES string of the molecule is CC(F)(F)CCC1(O)CCN(C(=O)c2ccc(N3CSc4ccccc43)cc2)CC1. The van der Waals surface area contributed by atoms with Crippen molar-refractivity contribution >= 4 is 29.0 Å². The van der Waals surface area contributed by atoms with Crippen molar-refractivity contribution in [1.82, 2.24) is 4.90 Å². The van der Waals surface area contributed by atoms with E-state index in [-0.39, 0.29) is 18.7 Å². The first kappa shape index (κ1) is 21.1. The number of halogens is 2. The predicted molar refractivity (Wildman–Crippen MR) is 116 cm³/mol. The maximum Gasteiger partial charge on any atom is 0.253 e. The summed E-state index contributed by atoms with van der Waals surface area (Å²) in [6.45, 7) is 1.63. The summed E-state index contributed by atoms with van der Waals surface area (Å²) in [4.78, 5) is 18.0. The molecular weight excluding hydrogens is 406 g/mol. The van der Waals surface area contributed by atoms with Gasteiger partial charge in [-0.2, -0.15) is 0 Å². The zero-order valence-electron chi connectivity index (χ0n) is 17.0. The van der Waals surface area contributed by atoms with Gasteiger partial charge in [0.25, 0.3) is 5.91 Å². The number of piperidine rings is 1. The number of anilines is 2. The molecule has 0 spiro atoms. The van der Waals surface area contributed by atoms with Gasteiger partial charge in [-0.15, -0.1) is 11.8 Å². The highest BCUT2D eigenvalue weighted by Crippen LogP contribution is 2.42. The monoisotopic (exact) mass is 432 g/mol. The van der Waals surface area contributed by atoms with E-state index in [0.29, 0.717) is 31.5 Å². The molecule has 7 heteroatoms. The molecule has 0 atom stereocenters. The Balaban J connectivity index is 1.37. The number of hydrogen-bond acceptors (Lipinski definition) is 4. The fourth-order valence-corrected chi connectivity index (χ4v) is 5.07. The zero-order chi connectivity index (χ0) is 21.4. The van der Waals surface area contributed by atoms with Gasteiger partial charge in [0.1, 0.15) is 0 Å². The van der Waals surface area contributed by atoms with Gasteiger partial charge in [-0.25, -0.2) is 8.78 Å². The molecule has 0 radical (unpaired) electrons. The summed E-state index contributed by atoms with van der Waals surface area (Å²) >= 11 is 1.79. The number of benzene rings is 2. The molecule has 2 heterocycles. The summed E-state index contributed by atoms with van der Waals surface area (Å²) in [6.07, 6.45) is 0.378. The van der Waals surface area contributed by atoms with Gasteiger partial charge in [0.2, 0.25) is 5.92 Å². The molecule has 1 amide bonds. The zero-order valence-corrected chi connectivity index (χ0v) is 17.8. The number of aliphatic hydroxyl groups is 1. The fourth-order valence-electron chi connectivity index (χ4n) is 4.01. The summed E-state index contributed by atoms with van der Waals surface area (Å²) in [7, 11) is 0. The second-order valence-corrected chi connectivity index (χ2v) is 9.29. The second kappa shape index (κ2) is 8.19. The van der Waals surface area contributed by atoms with Gasteiger partial charge in [0, 0.05) is 35.7 Å². The smallest absolute Gasteiger partial charge is 0.253 e. The summed E-state index contributed by atoms with van der Waals surface area (Å²) in [5.41, 5.74) is 1.71. The van der Waals surface area contributed by atoms with E-state index in [0.717, 1.165) is 18.5 Å². The van der Waals surface area contributed by atoms with Gasteiger partial charge >= 0.3 is 0 Å². The first-order valence-corrected chi connectivity index (χ1v) is 11.2. The average molecular weight is 433 g/mol. The van der Waals surface area contributed by atoms with Gasteiger partial charge in [0.05, 0.1) is 17.2 Å². The van der Waals surface area contributed by atoms with E-state index >= 15 is 0 Å². The molecule has 1 fully saturated rings. The largest absolute Gasteiger partial charge is 0.390 e. The molecule has 2 aromatic rings. The van der Waals surface area contributed by atoms with Crippen LogP contribution in [-0.4, -0.2) is 46.4 Å². The van der Waals surface area contributed by atoms with Crippen LogP contribution in [0.25, 0.3) is 0 Å². The number of carbonyl (C=O) groups is 1. The molecule has 0 aromatic heterocycles. The first-order valence-electron chi connectivity index (χ1n) is 10.2. The Morgan fingerprint density at radius 2 is 1.80 bits per heavy atom. The number of rotatable bonds is 5. The molecule has 1 N–H and O–H groups in total. The molecule has 4 rings (SSSR count). The number of alkyl halides is 2. The van der Waals surface area contributed by atoms with Crippen LogP contribution in [0, 0.1) is 0 Å². The number of para-hydroxylation sites is 1. The molecule has 2 aliphatic rings. The Morgan fingerprint density at radius 1 is 1.13 bits per heavy atom. The Hall–Kier alpha value is -2.12. The summed E-state index contributed by atoms with van der Waals surface area (Å²) in [6, 6.07) is 15.8. The predicted octanol–water partition coefficient (Wildman–Crippen LogP) is 5.29. The van der Waals surface area contributed by atoms with E-state index in [1.54, 1.807) is 16.7 Å². The Morgan fingerprint density at radius 3 is 2.47 bits per heavy atom. The third-order valence-electron chi connectivity index (χ3n) is 5.94. The first-order chi connectivity index (χ1) is 14.2. The third-order valence-corrected chi connectivity index (χ3v) is 6.99. The molecule has 160 valence electrons. The van der Waals surface area contributed by atoms with E-state index in [9.17, 15) is 18.7 Å². The lowest BCUT2D eigenvalue weighted by molar-refractivity contribution is -0.0570. The van der Waals surface area contributed by atoms with Crippen LogP contribution >= 0.6 is 11.8 Å². The van der Waals surface area contributed by atoms with Crippen molar-refractivity contribution in [3.05, 3.63) is 54.1 Å². The molecule has 2 aliphatic heterocycles. The quantitative estimate of drug-likeness (QED) is 0.697. The van der Waals surface area contributed by atoms with Crippen molar-refractivity contribution in [2.75, 3.05) is 23.9 Å². The van der Waals surface area contributed by atoms with Crippen LogP contribution in [0.15, 0.2) is 53.4 Å². The van der Waals surface area contributed by atoms with E-state index in [1.165, 1.54) is 10.6 Å². The van der Waals surface area contributed by atoms with E-state index < -0.39 is 11.5 Å². The van der Waals surface area contributed by atoms with Crippen molar-refractivity contribution < 1.29 is 18.7 Å². The van der Waals surface area contributed by atoms with Gasteiger partial charge in [-0.05, 0) is 62.6 Å². The molecule has 0 saturated carbocycles. The minimum atomic E-state index is -2.78. The normalized spacial score (nSPS) is 18.4. The van der Waals surface area contributed by atoms with Gasteiger partial charge in [-0.3, -0.25) is 4.79 Å². The van der Waals surface area contributed by atoms with Crippen LogP contribution in [0.5, 0.6) is 0 Å². The Labute approximate surface area is 179 Å². The van der Waals surface area contributed by atoms with Crippen molar-refractivity contribution in [2.45, 2.75) is 49.0 Å². The molecule has 4 nitrogen and oxygen atoms in total. The van der Waals surface area contributed by atoms with Crippen molar-refractivity contribution in [3.63, 3.8) is 0 Å². The average Bonchev–Trinajstić information content (AvgIpc) is 3.16. The summed E-state index contributed by atoms with van der Waals surface area (Å²) in [5, 5.41) is 10.6. The van der Waals surface area contributed by atoms with Crippen molar-refractivity contribution in [1.29, 1.82) is 0 Å². The lowest BCUT2D eigenvalue weighted by Gasteiger charge is -2.38. The van der Waals surface area contributed by atoms with Crippen LogP contribution in [0.1, 0.15) is 43.0 Å². The molecule has 0 bridgehead atoms. The maximum absolute atomic E-state index is 13.1. The van der Waals surface area contributed by atoms with Crippen LogP contribution in [0.2, 0.25) is 0 Å². The second-order valence-electron chi connectivity index (χ2n) is 8.30. The van der Waals surface area contributed by atoms with E-state index in [4.69, 9.17) is 0 Å². The minimum Gasteiger partial charge on any atom is -0.390 e. The Bertz CT molecular complexity index is 906. The highest BCUT2D eigenvalue weighted by Gasteiger charge is 2.36. The lowest BCUT2D eigenvalue weighted by Crippen LogP contribution is -2.47. The fraction of sp³-hybridized carbons (Fsp3) is 0.435. The summed E-state index contributed by atoms with van der Waals surface area (Å²) in [5.74, 6) is -2.02. The van der Waals surface area contributed by atoms with E-state index in [2.05, 4.69) is 17.0 Å². The van der Waals surface area contributed by atoms with Gasteiger partial charge in [0.15, 0.2) is 0 Å². The highest BCUT2D eigenvalue weighted by atomic mass is 32.2. The minimum absolute atomic E-state index is 0.0581. The number of amides is 1. The topological polar surface area (TPSA) is 43.8 Å². The van der Waals surface area contributed by atoms with Crippen LogP contribution in [0.3, 0.4) is 0 Å². The molecule has 1 saturated heterocycles. The number of fused-ring (bicyclic) bond motifs is 1. The standard InChI is InChI=1S/C23H26F2N2O2S/c1-22(24,25)10-11-23(29)12-14-26(15-13-23)21(28)17-6-8-18(9-7-17)27-16-30-20-5-3-2-4-19(20)27/h2-9,29H,10-16H2,1H3. The summed E-state index contributed by atoms with van der Waals surface area (Å²) < 4.78 is 26.2. The van der Waals surface area contributed by atoms with Gasteiger partial charge < -0.3 is 14.9 Å². The van der Waals surface area contributed by atoms with Crippen molar-refractivity contribution in [2.24, 2.45) is 0 Å².